The molecule has 4 aromatic rings. The minimum Gasteiger partial charge on any atom is -0.497 e. The molecule has 4 aromatic carbocycles. The van der Waals surface area contributed by atoms with Gasteiger partial charge in [0.05, 0.1) is 24.4 Å². The largest absolute Gasteiger partial charge is 0.497 e. The summed E-state index contributed by atoms with van der Waals surface area (Å²) in [6.45, 7) is -0.928. The standard InChI is InChI=1S/C31H25N3O5/c1-37-26-14-12-22(13-15-26)28-17-27(24-11-10-21-6-2-3-7-23(21)16-24)33-34(28)30(35)19-39-31(36)20-38-29-9-5-4-8-25(29)18-32/h2-16,28H,17,19-20H2,1H3/t28-/m1/s1. The first-order valence-electron chi connectivity index (χ1n) is 12.4. The van der Waals surface area contributed by atoms with E-state index in [0.29, 0.717) is 17.7 Å². The van der Waals surface area contributed by atoms with E-state index in [1.54, 1.807) is 31.4 Å². The quantitative estimate of drug-likeness (QED) is 0.303. The molecule has 0 aliphatic carbocycles. The van der Waals surface area contributed by atoms with Crippen molar-refractivity contribution in [3.05, 3.63) is 108 Å². The Bertz CT molecular complexity index is 1590. The van der Waals surface area contributed by atoms with Crippen LogP contribution in [0.4, 0.5) is 0 Å². The summed E-state index contributed by atoms with van der Waals surface area (Å²) in [5, 5.41) is 17.4. The van der Waals surface area contributed by atoms with Crippen LogP contribution >= 0.6 is 0 Å². The predicted octanol–water partition coefficient (Wildman–Crippen LogP) is 5.02. The molecule has 39 heavy (non-hydrogen) atoms. The summed E-state index contributed by atoms with van der Waals surface area (Å²) in [6.07, 6.45) is 0.498. The number of amides is 1. The lowest BCUT2D eigenvalue weighted by Gasteiger charge is -2.22. The molecule has 0 fully saturated rings. The van der Waals surface area contributed by atoms with E-state index in [0.717, 1.165) is 27.6 Å². The number of ether oxygens (including phenoxy) is 3. The number of hydrazone groups is 1. The number of hydrogen-bond donors (Lipinski definition) is 0. The second-order valence-corrected chi connectivity index (χ2v) is 8.90. The molecule has 8 nitrogen and oxygen atoms in total. The van der Waals surface area contributed by atoms with Crippen LogP contribution in [-0.2, 0) is 14.3 Å². The Hall–Kier alpha value is -5.16. The number of esters is 1. The average molecular weight is 520 g/mol. The first-order chi connectivity index (χ1) is 19.1. The van der Waals surface area contributed by atoms with Gasteiger partial charge in [-0.25, -0.2) is 9.80 Å². The summed E-state index contributed by atoms with van der Waals surface area (Å²) in [5.41, 5.74) is 2.87. The number of carbonyl (C=O) groups excluding carboxylic acids is 2. The van der Waals surface area contributed by atoms with Crippen molar-refractivity contribution in [2.24, 2.45) is 5.10 Å². The van der Waals surface area contributed by atoms with E-state index in [-0.39, 0.29) is 11.8 Å². The van der Waals surface area contributed by atoms with Crippen LogP contribution in [0.3, 0.4) is 0 Å². The Kier molecular flexibility index (Phi) is 7.51. The molecule has 194 valence electrons. The average Bonchev–Trinajstić information content (AvgIpc) is 3.44. The SMILES string of the molecule is COc1ccc([C@H]2CC(c3ccc4ccccc4c3)=NN2C(=O)COC(=O)COc2ccccc2C#N)cc1. The maximum Gasteiger partial charge on any atom is 0.344 e. The van der Waals surface area contributed by atoms with Crippen molar-refractivity contribution >= 4 is 28.4 Å². The molecule has 0 N–H and O–H groups in total. The highest BCUT2D eigenvalue weighted by Crippen LogP contribution is 2.34. The van der Waals surface area contributed by atoms with Crippen molar-refractivity contribution in [2.75, 3.05) is 20.3 Å². The molecule has 1 heterocycles. The van der Waals surface area contributed by atoms with Crippen LogP contribution in [0, 0.1) is 11.3 Å². The second kappa shape index (κ2) is 11.5. The van der Waals surface area contributed by atoms with Crippen LogP contribution in [0.15, 0.2) is 96.1 Å². The molecule has 0 aromatic heterocycles. The fourth-order valence-electron chi connectivity index (χ4n) is 4.44. The fourth-order valence-corrected chi connectivity index (χ4v) is 4.44. The molecule has 0 unspecified atom stereocenters. The molecule has 0 radical (unpaired) electrons. The Labute approximate surface area is 225 Å². The van der Waals surface area contributed by atoms with Crippen molar-refractivity contribution in [2.45, 2.75) is 12.5 Å². The van der Waals surface area contributed by atoms with E-state index in [1.807, 2.05) is 66.7 Å². The first-order valence-corrected chi connectivity index (χ1v) is 12.4. The number of methoxy groups -OCH3 is 1. The van der Waals surface area contributed by atoms with Gasteiger partial charge in [-0.2, -0.15) is 10.4 Å². The molecule has 1 aliphatic rings. The van der Waals surface area contributed by atoms with Crippen molar-refractivity contribution < 1.29 is 23.8 Å². The van der Waals surface area contributed by atoms with Gasteiger partial charge >= 0.3 is 5.97 Å². The van der Waals surface area contributed by atoms with Crippen LogP contribution in [-0.4, -0.2) is 42.9 Å². The summed E-state index contributed by atoms with van der Waals surface area (Å²) >= 11 is 0. The molecule has 0 saturated carbocycles. The van der Waals surface area contributed by atoms with Gasteiger partial charge in [0.25, 0.3) is 5.91 Å². The molecule has 0 bridgehead atoms. The minimum absolute atomic E-state index is 0.270. The minimum atomic E-state index is -0.727. The third kappa shape index (κ3) is 5.73. The maximum absolute atomic E-state index is 13.3. The van der Waals surface area contributed by atoms with E-state index in [1.165, 1.54) is 5.01 Å². The van der Waals surface area contributed by atoms with E-state index >= 15 is 0 Å². The molecule has 1 atom stereocenters. The van der Waals surface area contributed by atoms with Gasteiger partial charge in [0.2, 0.25) is 0 Å². The lowest BCUT2D eigenvalue weighted by molar-refractivity contribution is -0.154. The third-order valence-electron chi connectivity index (χ3n) is 6.46. The molecule has 0 spiro atoms. The highest BCUT2D eigenvalue weighted by molar-refractivity contribution is 6.05. The van der Waals surface area contributed by atoms with E-state index in [4.69, 9.17) is 19.5 Å². The number of benzene rings is 4. The fraction of sp³-hybridized carbons (Fsp3) is 0.161. The van der Waals surface area contributed by atoms with Crippen molar-refractivity contribution in [3.8, 4) is 17.6 Å². The second-order valence-electron chi connectivity index (χ2n) is 8.90. The Morgan fingerprint density at radius 3 is 2.46 bits per heavy atom. The Morgan fingerprint density at radius 1 is 0.949 bits per heavy atom. The van der Waals surface area contributed by atoms with Gasteiger partial charge < -0.3 is 14.2 Å². The van der Waals surface area contributed by atoms with E-state index in [9.17, 15) is 9.59 Å². The van der Waals surface area contributed by atoms with E-state index < -0.39 is 25.1 Å². The van der Waals surface area contributed by atoms with Crippen LogP contribution in [0.1, 0.15) is 29.2 Å². The summed E-state index contributed by atoms with van der Waals surface area (Å²) in [6, 6.07) is 29.8. The van der Waals surface area contributed by atoms with Gasteiger partial charge in [0.15, 0.2) is 13.2 Å². The van der Waals surface area contributed by atoms with Gasteiger partial charge in [-0.1, -0.05) is 60.7 Å². The van der Waals surface area contributed by atoms with Gasteiger partial charge in [-0.15, -0.1) is 0 Å². The summed E-state index contributed by atoms with van der Waals surface area (Å²) < 4.78 is 15.9. The molecule has 1 aliphatic heterocycles. The number of nitrogens with zero attached hydrogens (tertiary/aromatic N) is 3. The zero-order chi connectivity index (χ0) is 27.2. The topological polar surface area (TPSA) is 101 Å². The lowest BCUT2D eigenvalue weighted by Crippen LogP contribution is -2.32. The van der Waals surface area contributed by atoms with Crippen LogP contribution < -0.4 is 9.47 Å². The predicted molar refractivity (Wildman–Crippen MR) is 145 cm³/mol. The Balaban J connectivity index is 1.32. The molecular weight excluding hydrogens is 494 g/mol. The van der Waals surface area contributed by atoms with Gasteiger partial charge in [0, 0.05) is 6.42 Å². The van der Waals surface area contributed by atoms with Crippen molar-refractivity contribution in [1.29, 1.82) is 5.26 Å². The number of para-hydroxylation sites is 1. The highest BCUT2D eigenvalue weighted by Gasteiger charge is 2.33. The van der Waals surface area contributed by atoms with E-state index in [2.05, 4.69) is 11.2 Å². The summed E-state index contributed by atoms with van der Waals surface area (Å²) in [4.78, 5) is 25.6. The van der Waals surface area contributed by atoms with Gasteiger partial charge in [-0.3, -0.25) is 4.79 Å². The lowest BCUT2D eigenvalue weighted by atomic mass is 9.97. The smallest absolute Gasteiger partial charge is 0.344 e. The number of fused-ring (bicyclic) bond motifs is 1. The molecule has 8 heteroatoms. The zero-order valence-corrected chi connectivity index (χ0v) is 21.2. The normalized spacial score (nSPS) is 14.4. The summed E-state index contributed by atoms with van der Waals surface area (Å²) in [7, 11) is 1.60. The van der Waals surface area contributed by atoms with Crippen LogP contribution in [0.2, 0.25) is 0 Å². The number of nitriles is 1. The van der Waals surface area contributed by atoms with Gasteiger partial charge in [-0.05, 0) is 52.2 Å². The highest BCUT2D eigenvalue weighted by atomic mass is 16.6. The third-order valence-corrected chi connectivity index (χ3v) is 6.46. The molecule has 1 amide bonds. The molecular formula is C31H25N3O5. The zero-order valence-electron chi connectivity index (χ0n) is 21.2. The van der Waals surface area contributed by atoms with Gasteiger partial charge in [0.1, 0.15) is 17.6 Å². The van der Waals surface area contributed by atoms with Crippen LogP contribution in [0.25, 0.3) is 10.8 Å². The molecule has 5 rings (SSSR count). The molecule has 0 saturated heterocycles. The van der Waals surface area contributed by atoms with Crippen molar-refractivity contribution in [1.82, 2.24) is 5.01 Å². The monoisotopic (exact) mass is 519 g/mol. The van der Waals surface area contributed by atoms with Crippen molar-refractivity contribution in [3.63, 3.8) is 0 Å². The first kappa shape index (κ1) is 25.5. The number of carbonyl (C=O) groups is 2. The summed E-state index contributed by atoms with van der Waals surface area (Å²) in [5.74, 6) is -0.211. The number of rotatable bonds is 8. The van der Waals surface area contributed by atoms with Crippen LogP contribution in [0.5, 0.6) is 11.5 Å². The Morgan fingerprint density at radius 2 is 1.69 bits per heavy atom. The number of hydrogen-bond acceptors (Lipinski definition) is 7. The maximum atomic E-state index is 13.3.